The Kier molecular flexibility index (Phi) is 3.49. The Labute approximate surface area is 96.2 Å². The minimum Gasteiger partial charge on any atom is -0.370 e. The molecular formula is C12H17ClN2. The standard InChI is InChI=1S/C12H17ClN2/c1-14-9-10-5-4-6-11(13)12(10)15-7-2-3-8-15/h4-6,14H,2-3,7-9H2,1H3. The summed E-state index contributed by atoms with van der Waals surface area (Å²) in [7, 11) is 1.97. The fourth-order valence-corrected chi connectivity index (χ4v) is 2.50. The summed E-state index contributed by atoms with van der Waals surface area (Å²) in [6.07, 6.45) is 2.56. The zero-order chi connectivity index (χ0) is 10.7. The summed E-state index contributed by atoms with van der Waals surface area (Å²) in [5.41, 5.74) is 2.53. The second kappa shape index (κ2) is 4.86. The summed E-state index contributed by atoms with van der Waals surface area (Å²) >= 11 is 6.28. The molecule has 0 saturated carbocycles. The predicted octanol–water partition coefficient (Wildman–Crippen LogP) is 2.66. The maximum absolute atomic E-state index is 6.28. The summed E-state index contributed by atoms with van der Waals surface area (Å²) < 4.78 is 0. The molecule has 1 N–H and O–H groups in total. The number of hydrogen-bond acceptors (Lipinski definition) is 2. The summed E-state index contributed by atoms with van der Waals surface area (Å²) in [6.45, 7) is 3.16. The molecule has 0 bridgehead atoms. The van der Waals surface area contributed by atoms with Gasteiger partial charge in [0.05, 0.1) is 10.7 Å². The van der Waals surface area contributed by atoms with Gasteiger partial charge in [0, 0.05) is 19.6 Å². The highest BCUT2D eigenvalue weighted by molar-refractivity contribution is 6.33. The molecule has 0 spiro atoms. The van der Waals surface area contributed by atoms with E-state index in [1.165, 1.54) is 24.1 Å². The molecule has 15 heavy (non-hydrogen) atoms. The highest BCUT2D eigenvalue weighted by Gasteiger charge is 2.17. The number of rotatable bonds is 3. The normalized spacial score (nSPS) is 16.0. The molecule has 1 fully saturated rings. The van der Waals surface area contributed by atoms with Gasteiger partial charge in [-0.1, -0.05) is 23.7 Å². The van der Waals surface area contributed by atoms with Crippen molar-refractivity contribution in [2.45, 2.75) is 19.4 Å². The molecule has 0 aliphatic carbocycles. The van der Waals surface area contributed by atoms with E-state index in [0.29, 0.717) is 0 Å². The molecular weight excluding hydrogens is 208 g/mol. The van der Waals surface area contributed by atoms with E-state index >= 15 is 0 Å². The van der Waals surface area contributed by atoms with Crippen molar-refractivity contribution in [3.63, 3.8) is 0 Å². The van der Waals surface area contributed by atoms with E-state index < -0.39 is 0 Å². The molecule has 2 rings (SSSR count). The first-order chi connectivity index (χ1) is 7.33. The minimum atomic E-state index is 0.879. The van der Waals surface area contributed by atoms with E-state index in [9.17, 15) is 0 Å². The number of anilines is 1. The van der Waals surface area contributed by atoms with Crippen molar-refractivity contribution in [1.29, 1.82) is 0 Å². The first-order valence-corrected chi connectivity index (χ1v) is 5.87. The quantitative estimate of drug-likeness (QED) is 0.850. The zero-order valence-corrected chi connectivity index (χ0v) is 9.85. The average molecular weight is 225 g/mol. The molecule has 1 aliphatic heterocycles. The van der Waals surface area contributed by atoms with E-state index in [2.05, 4.69) is 16.3 Å². The molecule has 3 heteroatoms. The Hall–Kier alpha value is -0.730. The van der Waals surface area contributed by atoms with Crippen molar-refractivity contribution < 1.29 is 0 Å². The van der Waals surface area contributed by atoms with Crippen LogP contribution in [0.4, 0.5) is 5.69 Å². The van der Waals surface area contributed by atoms with Crippen LogP contribution in [0.1, 0.15) is 18.4 Å². The van der Waals surface area contributed by atoms with Crippen LogP contribution in [0.5, 0.6) is 0 Å². The number of para-hydroxylation sites is 1. The van der Waals surface area contributed by atoms with Crippen LogP contribution in [0.25, 0.3) is 0 Å². The van der Waals surface area contributed by atoms with Gasteiger partial charge in [0.2, 0.25) is 0 Å². The number of halogens is 1. The Bertz CT molecular complexity index is 332. The van der Waals surface area contributed by atoms with Crippen molar-refractivity contribution in [3.05, 3.63) is 28.8 Å². The molecule has 2 nitrogen and oxygen atoms in total. The summed E-state index contributed by atoms with van der Waals surface area (Å²) in [5.74, 6) is 0. The van der Waals surface area contributed by atoms with Gasteiger partial charge in [-0.05, 0) is 31.5 Å². The maximum Gasteiger partial charge on any atom is 0.0642 e. The highest BCUT2D eigenvalue weighted by Crippen LogP contribution is 2.32. The summed E-state index contributed by atoms with van der Waals surface area (Å²) in [6, 6.07) is 6.15. The van der Waals surface area contributed by atoms with E-state index in [-0.39, 0.29) is 0 Å². The molecule has 1 heterocycles. The van der Waals surface area contributed by atoms with Gasteiger partial charge in [-0.25, -0.2) is 0 Å². The second-order valence-corrected chi connectivity index (χ2v) is 4.38. The van der Waals surface area contributed by atoms with Crippen LogP contribution in [-0.2, 0) is 6.54 Å². The van der Waals surface area contributed by atoms with Gasteiger partial charge in [0.15, 0.2) is 0 Å². The third-order valence-electron chi connectivity index (χ3n) is 2.86. The summed E-state index contributed by atoms with van der Waals surface area (Å²) in [5, 5.41) is 4.07. The third kappa shape index (κ3) is 2.27. The fourth-order valence-electron chi connectivity index (χ4n) is 2.19. The fraction of sp³-hybridized carbons (Fsp3) is 0.500. The predicted molar refractivity (Wildman–Crippen MR) is 65.7 cm³/mol. The number of hydrogen-bond donors (Lipinski definition) is 1. The van der Waals surface area contributed by atoms with Gasteiger partial charge in [-0.2, -0.15) is 0 Å². The first-order valence-electron chi connectivity index (χ1n) is 5.50. The molecule has 1 aliphatic rings. The average Bonchev–Trinajstić information content (AvgIpc) is 2.71. The number of nitrogens with one attached hydrogen (secondary N) is 1. The maximum atomic E-state index is 6.28. The number of nitrogens with zero attached hydrogens (tertiary/aromatic N) is 1. The van der Waals surface area contributed by atoms with Crippen molar-refractivity contribution in [2.24, 2.45) is 0 Å². The molecule has 0 atom stereocenters. The van der Waals surface area contributed by atoms with E-state index in [4.69, 9.17) is 11.6 Å². The Balaban J connectivity index is 2.32. The van der Waals surface area contributed by atoms with Gasteiger partial charge in [0.1, 0.15) is 0 Å². The van der Waals surface area contributed by atoms with Crippen LogP contribution in [-0.4, -0.2) is 20.1 Å². The molecule has 1 aromatic carbocycles. The molecule has 1 saturated heterocycles. The zero-order valence-electron chi connectivity index (χ0n) is 9.09. The van der Waals surface area contributed by atoms with Gasteiger partial charge in [0.25, 0.3) is 0 Å². The van der Waals surface area contributed by atoms with Gasteiger partial charge in [-0.15, -0.1) is 0 Å². The SMILES string of the molecule is CNCc1cccc(Cl)c1N1CCCC1. The van der Waals surface area contributed by atoms with Gasteiger partial charge >= 0.3 is 0 Å². The molecule has 0 radical (unpaired) electrons. The monoisotopic (exact) mass is 224 g/mol. The number of benzene rings is 1. The van der Waals surface area contributed by atoms with Gasteiger partial charge in [-0.3, -0.25) is 0 Å². The Morgan fingerprint density at radius 2 is 2.07 bits per heavy atom. The Morgan fingerprint density at radius 3 is 2.73 bits per heavy atom. The lowest BCUT2D eigenvalue weighted by molar-refractivity contribution is 0.809. The van der Waals surface area contributed by atoms with Crippen LogP contribution >= 0.6 is 11.6 Å². The molecule has 0 unspecified atom stereocenters. The smallest absolute Gasteiger partial charge is 0.0642 e. The van der Waals surface area contributed by atoms with E-state index in [1.807, 2.05) is 19.2 Å². The molecule has 1 aromatic rings. The molecule has 0 amide bonds. The largest absolute Gasteiger partial charge is 0.370 e. The van der Waals surface area contributed by atoms with Crippen molar-refractivity contribution in [3.8, 4) is 0 Å². The lowest BCUT2D eigenvalue weighted by Gasteiger charge is -2.22. The van der Waals surface area contributed by atoms with Crippen LogP contribution in [0, 0.1) is 0 Å². The van der Waals surface area contributed by atoms with Crippen molar-refractivity contribution in [2.75, 3.05) is 25.0 Å². The van der Waals surface area contributed by atoms with Gasteiger partial charge < -0.3 is 10.2 Å². The van der Waals surface area contributed by atoms with Crippen LogP contribution in [0.3, 0.4) is 0 Å². The van der Waals surface area contributed by atoms with Crippen LogP contribution in [0.15, 0.2) is 18.2 Å². The van der Waals surface area contributed by atoms with Crippen LogP contribution < -0.4 is 10.2 Å². The Morgan fingerprint density at radius 1 is 1.33 bits per heavy atom. The minimum absolute atomic E-state index is 0.879. The molecule has 82 valence electrons. The first kappa shape index (κ1) is 10.8. The van der Waals surface area contributed by atoms with Crippen LogP contribution in [0.2, 0.25) is 5.02 Å². The second-order valence-electron chi connectivity index (χ2n) is 3.97. The van der Waals surface area contributed by atoms with E-state index in [0.717, 1.165) is 24.7 Å². The highest BCUT2D eigenvalue weighted by atomic mass is 35.5. The summed E-state index contributed by atoms with van der Waals surface area (Å²) in [4.78, 5) is 2.40. The molecule has 0 aromatic heterocycles. The topological polar surface area (TPSA) is 15.3 Å². The van der Waals surface area contributed by atoms with Crippen molar-refractivity contribution in [1.82, 2.24) is 5.32 Å². The lowest BCUT2D eigenvalue weighted by atomic mass is 10.1. The lowest BCUT2D eigenvalue weighted by Crippen LogP contribution is -2.21. The van der Waals surface area contributed by atoms with E-state index in [1.54, 1.807) is 0 Å². The van der Waals surface area contributed by atoms with Crippen molar-refractivity contribution >= 4 is 17.3 Å². The third-order valence-corrected chi connectivity index (χ3v) is 3.16.